The third-order valence-electron chi connectivity index (χ3n) is 1.12. The maximum atomic E-state index is 10.4. The van der Waals surface area contributed by atoms with E-state index in [1.807, 2.05) is 0 Å². The van der Waals surface area contributed by atoms with Crippen molar-refractivity contribution in [3.63, 3.8) is 0 Å². The number of aromatic nitrogens is 2. The fraction of sp³-hybridized carbons (Fsp3) is 0. The summed E-state index contributed by atoms with van der Waals surface area (Å²) in [6.07, 6.45) is 2.00. The van der Waals surface area contributed by atoms with E-state index < -0.39 is 30.0 Å². The SMILES string of the molecule is O=S(=O)(O)n1cc[n+](S(=O)(=O)O)c1.[Cl][Al-]([Cl])([Cl])[Cl]. The summed E-state index contributed by atoms with van der Waals surface area (Å²) in [6.45, 7) is 0. The van der Waals surface area contributed by atoms with Gasteiger partial charge in [0.15, 0.2) is 12.4 Å². The molecule has 0 aliphatic carbocycles. The van der Waals surface area contributed by atoms with Gasteiger partial charge >= 0.3 is 30.0 Å². The molecule has 0 spiro atoms. The smallest absolute Gasteiger partial charge is 0.391 e. The highest BCUT2D eigenvalue weighted by atomic mass is 35.9. The average Bonchev–Trinajstić information content (AvgIpc) is 2.43. The number of imidazole rings is 1. The third kappa shape index (κ3) is 8.76. The Balaban J connectivity index is 0.000000494. The maximum absolute atomic E-state index is 10.4. The first-order valence-corrected chi connectivity index (χ1v) is 13.4. The van der Waals surface area contributed by atoms with Gasteiger partial charge in [-0.25, -0.2) is 0 Å². The largest absolute Gasteiger partial charge is 0.564 e. The summed E-state index contributed by atoms with van der Waals surface area (Å²) in [5.74, 6) is 0. The normalized spacial score (nSPS) is 12.8. The molecular weight excluding hydrogens is 393 g/mol. The second-order valence-electron chi connectivity index (χ2n) is 2.52. The van der Waals surface area contributed by atoms with Crippen molar-refractivity contribution < 1.29 is 29.9 Å². The minimum absolute atomic E-state index is 0.223. The van der Waals surface area contributed by atoms with Gasteiger partial charge in [0, 0.05) is 0 Å². The minimum atomic E-state index is -4.52. The van der Waals surface area contributed by atoms with Gasteiger partial charge < -0.3 is 40.2 Å². The Morgan fingerprint density at radius 1 is 1.06 bits per heavy atom. The lowest BCUT2D eigenvalue weighted by atomic mass is 11.0. The molecule has 1 heterocycles. The monoisotopic (exact) mass is 396 g/mol. The van der Waals surface area contributed by atoms with Crippen molar-refractivity contribution in [3.8, 4) is 0 Å². The minimum Gasteiger partial charge on any atom is -0.391 e. The lowest BCUT2D eigenvalue weighted by Crippen LogP contribution is -2.40. The van der Waals surface area contributed by atoms with E-state index >= 15 is 0 Å². The van der Waals surface area contributed by atoms with Crippen LogP contribution in [-0.4, -0.2) is 39.3 Å². The van der Waals surface area contributed by atoms with E-state index in [9.17, 15) is 16.8 Å². The number of hydrogen-bond donors (Lipinski definition) is 2. The Hall–Kier alpha value is 0.722. The van der Waals surface area contributed by atoms with Crippen molar-refractivity contribution in [1.82, 2.24) is 3.97 Å². The number of halogens is 4. The highest BCUT2D eigenvalue weighted by molar-refractivity contribution is 7.84. The quantitative estimate of drug-likeness (QED) is 0.425. The second-order valence-corrected chi connectivity index (χ2v) is 18.0. The lowest BCUT2D eigenvalue weighted by molar-refractivity contribution is -0.517. The number of nitrogens with zero attached hydrogens (tertiary/aromatic N) is 2. The van der Waals surface area contributed by atoms with Crippen LogP contribution < -0.4 is 3.97 Å². The van der Waals surface area contributed by atoms with Crippen LogP contribution >= 0.6 is 40.2 Å². The van der Waals surface area contributed by atoms with Gasteiger partial charge in [0.2, 0.25) is 0 Å². The molecule has 0 fully saturated rings. The zero-order valence-electron chi connectivity index (χ0n) is 8.06. The van der Waals surface area contributed by atoms with Crippen LogP contribution in [0.3, 0.4) is 0 Å². The summed E-state index contributed by atoms with van der Waals surface area (Å²) >= 11 is 0. The van der Waals surface area contributed by atoms with Crippen LogP contribution in [0.2, 0.25) is 0 Å². The molecule has 1 rings (SSSR count). The molecule has 0 aliphatic rings. The van der Waals surface area contributed by atoms with E-state index in [2.05, 4.69) is 0 Å². The third-order valence-corrected chi connectivity index (χ3v) is 2.62. The van der Waals surface area contributed by atoms with Crippen molar-refractivity contribution in [2.24, 2.45) is 0 Å². The summed E-state index contributed by atoms with van der Waals surface area (Å²) < 4.78 is 58.9. The highest BCUT2D eigenvalue weighted by Gasteiger charge is 2.21. The van der Waals surface area contributed by atoms with E-state index in [4.69, 9.17) is 49.3 Å². The summed E-state index contributed by atoms with van der Waals surface area (Å²) in [7, 11) is 7.98. The van der Waals surface area contributed by atoms with Gasteiger partial charge in [-0.3, -0.25) is 9.11 Å². The molecule has 18 heavy (non-hydrogen) atoms. The predicted molar refractivity (Wildman–Crippen MR) is 67.7 cm³/mol. The molecule has 0 bridgehead atoms. The molecule has 0 unspecified atom stereocenters. The number of hydrogen-bond acceptors (Lipinski definition) is 4. The van der Waals surface area contributed by atoms with Gasteiger partial charge in [0.1, 0.15) is 0 Å². The van der Waals surface area contributed by atoms with Crippen LogP contribution in [0.4, 0.5) is 0 Å². The average molecular weight is 398 g/mol. The van der Waals surface area contributed by atoms with Gasteiger partial charge in [0.05, 0.1) is 0 Å². The zero-order chi connectivity index (χ0) is 14.8. The van der Waals surface area contributed by atoms with Crippen LogP contribution in [0.1, 0.15) is 0 Å². The van der Waals surface area contributed by atoms with Gasteiger partial charge in [-0.1, -0.05) is 0 Å². The molecule has 0 radical (unpaired) electrons. The number of rotatable bonds is 2. The van der Waals surface area contributed by atoms with Crippen LogP contribution in [-0.2, 0) is 20.6 Å². The predicted octanol–water partition coefficient (Wildman–Crippen LogP) is 0.455. The Morgan fingerprint density at radius 2 is 1.44 bits per heavy atom. The first kappa shape index (κ1) is 18.7. The molecule has 0 saturated heterocycles. The molecule has 0 atom stereocenters. The van der Waals surface area contributed by atoms with Crippen LogP contribution in [0.25, 0.3) is 0 Å². The summed E-state index contributed by atoms with van der Waals surface area (Å²) in [4.78, 5) is 0. The fourth-order valence-electron chi connectivity index (χ4n) is 0.594. The Labute approximate surface area is 122 Å². The molecular formula is C3H5AlCl4N2O6S2. The maximum Gasteiger partial charge on any atom is 0.564 e. The van der Waals surface area contributed by atoms with Crippen molar-refractivity contribution in [2.75, 3.05) is 0 Å². The van der Waals surface area contributed by atoms with Gasteiger partial charge in [0.25, 0.3) is 6.33 Å². The van der Waals surface area contributed by atoms with Gasteiger partial charge in [-0.2, -0.15) is 16.8 Å². The van der Waals surface area contributed by atoms with Crippen molar-refractivity contribution in [1.29, 1.82) is 0 Å². The highest BCUT2D eigenvalue weighted by Crippen LogP contribution is 2.23. The van der Waals surface area contributed by atoms with Crippen LogP contribution in [0.5, 0.6) is 0 Å². The molecule has 8 nitrogen and oxygen atoms in total. The van der Waals surface area contributed by atoms with Crippen molar-refractivity contribution in [3.05, 3.63) is 18.7 Å². The topological polar surface area (TPSA) is 118 Å². The zero-order valence-corrected chi connectivity index (χ0v) is 13.9. The molecule has 0 amide bonds. The molecule has 2 N–H and O–H groups in total. The molecule has 1 aromatic rings. The molecule has 0 saturated carbocycles. The first-order valence-electron chi connectivity index (χ1n) is 3.64. The van der Waals surface area contributed by atoms with E-state index in [-0.39, 0.29) is 7.94 Å². The molecule has 0 aliphatic heterocycles. The molecule has 1 aromatic heterocycles. The Kier molecular flexibility index (Phi) is 6.71. The molecule has 106 valence electrons. The second kappa shape index (κ2) is 6.45. The fourth-order valence-corrected chi connectivity index (χ4v) is 1.51. The Morgan fingerprint density at radius 3 is 1.61 bits per heavy atom. The first-order chi connectivity index (χ1) is 7.71. The summed E-state index contributed by atoms with van der Waals surface area (Å²) in [6, 6.07) is 0. The van der Waals surface area contributed by atoms with Crippen LogP contribution in [0.15, 0.2) is 18.7 Å². The van der Waals surface area contributed by atoms with E-state index in [0.29, 0.717) is 6.33 Å². The van der Waals surface area contributed by atoms with Crippen LogP contribution in [0, 0.1) is 0 Å². The van der Waals surface area contributed by atoms with Gasteiger partial charge in [-0.05, 0) is 0 Å². The van der Waals surface area contributed by atoms with E-state index in [0.717, 1.165) is 12.4 Å². The van der Waals surface area contributed by atoms with Gasteiger partial charge in [-0.15, -0.1) is 7.94 Å². The Bertz CT molecular complexity index is 553. The standard InChI is InChI=1S/C3H4N2O6S2.Al.4ClH/c6-12(7,8)4-1-2-5(3-4)13(9,10)11;;;;;/h1-3H,(H-,6,7,8,9,10,11);;4*1H/q;+3;;;;/p-3. The molecule has 0 aromatic carbocycles. The van der Waals surface area contributed by atoms with Crippen molar-refractivity contribution in [2.45, 2.75) is 0 Å². The lowest BCUT2D eigenvalue weighted by Gasteiger charge is -1.97. The van der Waals surface area contributed by atoms with E-state index in [1.54, 1.807) is 0 Å². The summed E-state index contributed by atoms with van der Waals surface area (Å²) in [5.41, 5.74) is 0. The van der Waals surface area contributed by atoms with E-state index in [1.165, 1.54) is 0 Å². The summed E-state index contributed by atoms with van der Waals surface area (Å²) in [5, 5.41) is 0. The molecule has 15 heteroatoms. The van der Waals surface area contributed by atoms with Crippen molar-refractivity contribution >= 4 is 70.2 Å².